The van der Waals surface area contributed by atoms with E-state index in [0.717, 1.165) is 12.8 Å². The number of nitrogen functional groups attached to an aromatic ring is 1. The Morgan fingerprint density at radius 1 is 1.53 bits per heavy atom. The van der Waals surface area contributed by atoms with Crippen molar-refractivity contribution in [1.82, 2.24) is 14.1 Å². The zero-order valence-electron chi connectivity index (χ0n) is 11.0. The average molecular weight is 302 g/mol. The molecule has 2 heterocycles. The van der Waals surface area contributed by atoms with E-state index >= 15 is 0 Å². The molecule has 6 nitrogen and oxygen atoms in total. The maximum absolute atomic E-state index is 12.2. The van der Waals surface area contributed by atoms with Gasteiger partial charge in [-0.05, 0) is 18.8 Å². The SMILES string of the molecule is CC(C)CCCNS(=O)(=O)c1c(N)nc2sccn12. The first-order valence-electron chi connectivity index (χ1n) is 6.12. The van der Waals surface area contributed by atoms with Crippen LogP contribution >= 0.6 is 11.3 Å². The van der Waals surface area contributed by atoms with E-state index in [9.17, 15) is 8.42 Å². The van der Waals surface area contributed by atoms with Gasteiger partial charge in [0.2, 0.25) is 0 Å². The third kappa shape index (κ3) is 3.07. The van der Waals surface area contributed by atoms with Crippen LogP contribution in [0.3, 0.4) is 0 Å². The molecule has 0 aromatic carbocycles. The van der Waals surface area contributed by atoms with Crippen LogP contribution < -0.4 is 10.5 Å². The lowest BCUT2D eigenvalue weighted by molar-refractivity contribution is 0.538. The highest BCUT2D eigenvalue weighted by Crippen LogP contribution is 2.23. The zero-order chi connectivity index (χ0) is 14.0. The Kier molecular flexibility index (Phi) is 4.12. The average Bonchev–Trinajstić information content (AvgIpc) is 2.83. The zero-order valence-corrected chi connectivity index (χ0v) is 12.6. The van der Waals surface area contributed by atoms with Crippen molar-refractivity contribution in [1.29, 1.82) is 0 Å². The van der Waals surface area contributed by atoms with E-state index in [-0.39, 0.29) is 10.8 Å². The summed E-state index contributed by atoms with van der Waals surface area (Å²) >= 11 is 1.35. The first-order valence-corrected chi connectivity index (χ1v) is 8.49. The molecule has 19 heavy (non-hydrogen) atoms. The number of fused-ring (bicyclic) bond motifs is 1. The van der Waals surface area contributed by atoms with E-state index in [0.29, 0.717) is 17.4 Å². The van der Waals surface area contributed by atoms with Crippen molar-refractivity contribution in [3.63, 3.8) is 0 Å². The molecule has 0 bridgehead atoms. The highest BCUT2D eigenvalue weighted by atomic mass is 32.2. The normalized spacial score (nSPS) is 12.6. The third-order valence-corrected chi connectivity index (χ3v) is 5.00. The van der Waals surface area contributed by atoms with Crippen LogP contribution in [0.1, 0.15) is 26.7 Å². The van der Waals surface area contributed by atoms with Crippen LogP contribution in [0.2, 0.25) is 0 Å². The van der Waals surface area contributed by atoms with Gasteiger partial charge in [0.05, 0.1) is 0 Å². The number of hydrogen-bond donors (Lipinski definition) is 2. The van der Waals surface area contributed by atoms with Crippen molar-refractivity contribution in [2.75, 3.05) is 12.3 Å². The molecule has 2 aromatic heterocycles. The number of sulfonamides is 1. The molecular formula is C11H18N4O2S2. The van der Waals surface area contributed by atoms with E-state index in [1.165, 1.54) is 15.7 Å². The number of nitrogens with one attached hydrogen (secondary N) is 1. The molecule has 106 valence electrons. The molecule has 0 saturated carbocycles. The van der Waals surface area contributed by atoms with E-state index in [4.69, 9.17) is 5.73 Å². The number of thiazole rings is 1. The summed E-state index contributed by atoms with van der Waals surface area (Å²) in [6.45, 7) is 4.63. The number of aromatic nitrogens is 2. The van der Waals surface area contributed by atoms with Gasteiger partial charge in [0.15, 0.2) is 15.8 Å². The van der Waals surface area contributed by atoms with Crippen LogP contribution in [-0.4, -0.2) is 24.3 Å². The minimum atomic E-state index is -3.61. The van der Waals surface area contributed by atoms with Gasteiger partial charge in [-0.1, -0.05) is 13.8 Å². The quantitative estimate of drug-likeness (QED) is 0.795. The Bertz CT molecular complexity index is 657. The Morgan fingerprint density at radius 2 is 2.26 bits per heavy atom. The van der Waals surface area contributed by atoms with Crippen LogP contribution in [0.25, 0.3) is 4.96 Å². The summed E-state index contributed by atoms with van der Waals surface area (Å²) in [6, 6.07) is 0. The molecule has 2 aromatic rings. The van der Waals surface area contributed by atoms with Gasteiger partial charge in [-0.3, -0.25) is 4.40 Å². The molecule has 2 rings (SSSR count). The number of anilines is 1. The molecule has 0 aliphatic heterocycles. The molecule has 0 saturated heterocycles. The minimum Gasteiger partial charge on any atom is -0.381 e. The second-order valence-corrected chi connectivity index (χ2v) is 7.35. The van der Waals surface area contributed by atoms with Gasteiger partial charge in [-0.15, -0.1) is 11.3 Å². The summed E-state index contributed by atoms with van der Waals surface area (Å²) in [5, 5.41) is 1.81. The number of rotatable bonds is 6. The summed E-state index contributed by atoms with van der Waals surface area (Å²) in [6.07, 6.45) is 3.45. The smallest absolute Gasteiger partial charge is 0.260 e. The van der Waals surface area contributed by atoms with Gasteiger partial charge >= 0.3 is 0 Å². The van der Waals surface area contributed by atoms with Crippen molar-refractivity contribution in [2.24, 2.45) is 5.92 Å². The number of nitrogens with zero attached hydrogens (tertiary/aromatic N) is 2. The van der Waals surface area contributed by atoms with Gasteiger partial charge in [0.25, 0.3) is 10.0 Å². The predicted octanol–water partition coefficient (Wildman–Crippen LogP) is 1.69. The molecule has 0 unspecified atom stereocenters. The standard InChI is InChI=1S/C11H18N4O2S2/c1-8(2)4-3-5-13-19(16,17)10-9(12)14-11-15(10)6-7-18-11/h6-8,13H,3-5,12H2,1-2H3. The van der Waals surface area contributed by atoms with Crippen molar-refractivity contribution in [3.05, 3.63) is 11.6 Å². The lowest BCUT2D eigenvalue weighted by atomic mass is 10.1. The Morgan fingerprint density at radius 3 is 2.95 bits per heavy atom. The van der Waals surface area contributed by atoms with E-state index in [1.807, 2.05) is 0 Å². The summed E-state index contributed by atoms with van der Waals surface area (Å²) in [5.41, 5.74) is 5.69. The number of imidazole rings is 1. The Hall–Kier alpha value is -1.12. The maximum atomic E-state index is 12.2. The van der Waals surface area contributed by atoms with E-state index in [1.54, 1.807) is 11.6 Å². The van der Waals surface area contributed by atoms with Crippen LogP contribution in [0.15, 0.2) is 16.6 Å². The summed E-state index contributed by atoms with van der Waals surface area (Å²) in [7, 11) is -3.61. The van der Waals surface area contributed by atoms with Crippen LogP contribution in [-0.2, 0) is 10.0 Å². The molecule has 3 N–H and O–H groups in total. The number of hydrogen-bond acceptors (Lipinski definition) is 5. The lowest BCUT2D eigenvalue weighted by Gasteiger charge is -2.07. The monoisotopic (exact) mass is 302 g/mol. The predicted molar refractivity (Wildman–Crippen MR) is 76.7 cm³/mol. The first kappa shape index (κ1) is 14.3. The fraction of sp³-hybridized carbons (Fsp3) is 0.545. The fourth-order valence-corrected chi connectivity index (χ4v) is 3.89. The van der Waals surface area contributed by atoms with Gasteiger partial charge in [0, 0.05) is 18.1 Å². The molecule has 0 amide bonds. The summed E-state index contributed by atoms with van der Waals surface area (Å²) in [4.78, 5) is 4.62. The van der Waals surface area contributed by atoms with Crippen molar-refractivity contribution in [2.45, 2.75) is 31.7 Å². The van der Waals surface area contributed by atoms with Crippen molar-refractivity contribution in [3.8, 4) is 0 Å². The molecule has 0 aliphatic rings. The molecule has 0 spiro atoms. The van der Waals surface area contributed by atoms with Gasteiger partial charge in [0.1, 0.15) is 0 Å². The molecule has 0 fully saturated rings. The van der Waals surface area contributed by atoms with Crippen LogP contribution in [0, 0.1) is 5.92 Å². The number of nitrogens with two attached hydrogens (primary N) is 1. The minimum absolute atomic E-state index is 0.0355. The molecule has 0 radical (unpaired) electrons. The third-order valence-electron chi connectivity index (χ3n) is 2.75. The highest BCUT2D eigenvalue weighted by molar-refractivity contribution is 7.89. The second kappa shape index (κ2) is 5.48. The first-order chi connectivity index (χ1) is 8.92. The van der Waals surface area contributed by atoms with Crippen LogP contribution in [0.4, 0.5) is 5.82 Å². The van der Waals surface area contributed by atoms with Crippen LogP contribution in [0.5, 0.6) is 0 Å². The second-order valence-electron chi connectivity index (χ2n) is 4.79. The largest absolute Gasteiger partial charge is 0.381 e. The lowest BCUT2D eigenvalue weighted by Crippen LogP contribution is -2.26. The fourth-order valence-electron chi connectivity index (χ4n) is 1.83. The molecule has 0 atom stereocenters. The molecule has 0 aliphatic carbocycles. The van der Waals surface area contributed by atoms with Gasteiger partial charge < -0.3 is 5.73 Å². The summed E-state index contributed by atoms with van der Waals surface area (Å²) in [5.74, 6) is 0.608. The topological polar surface area (TPSA) is 89.5 Å². The van der Waals surface area contributed by atoms with E-state index < -0.39 is 10.0 Å². The summed E-state index contributed by atoms with van der Waals surface area (Å²) < 4.78 is 28.5. The Labute approximate surface area is 116 Å². The Balaban J connectivity index is 2.15. The van der Waals surface area contributed by atoms with Crippen molar-refractivity contribution < 1.29 is 8.42 Å². The van der Waals surface area contributed by atoms with Gasteiger partial charge in [-0.2, -0.15) is 0 Å². The van der Waals surface area contributed by atoms with Crippen molar-refractivity contribution >= 4 is 32.1 Å². The maximum Gasteiger partial charge on any atom is 0.260 e. The van der Waals surface area contributed by atoms with E-state index in [2.05, 4.69) is 23.6 Å². The molecular weight excluding hydrogens is 284 g/mol. The highest BCUT2D eigenvalue weighted by Gasteiger charge is 2.23. The van der Waals surface area contributed by atoms with Gasteiger partial charge in [-0.25, -0.2) is 18.1 Å². The molecule has 8 heteroatoms.